The Labute approximate surface area is 178 Å². The van der Waals surface area contributed by atoms with E-state index < -0.39 is 27.5 Å². The van der Waals surface area contributed by atoms with Crippen molar-refractivity contribution in [3.63, 3.8) is 0 Å². The van der Waals surface area contributed by atoms with E-state index in [1.165, 1.54) is 6.07 Å². The van der Waals surface area contributed by atoms with Gasteiger partial charge in [0.05, 0.1) is 17.5 Å². The molecule has 0 spiro atoms. The average molecular weight is 446 g/mol. The molecule has 2 aliphatic rings. The van der Waals surface area contributed by atoms with E-state index in [-0.39, 0.29) is 42.6 Å². The number of aryl methyl sites for hydroxylation is 2. The third-order valence-electron chi connectivity index (χ3n) is 5.65. The van der Waals surface area contributed by atoms with Crippen molar-refractivity contribution in [2.45, 2.75) is 45.8 Å². The van der Waals surface area contributed by atoms with Crippen LogP contribution in [0.25, 0.3) is 11.0 Å². The molecule has 0 bridgehead atoms. The first-order valence-corrected chi connectivity index (χ1v) is 11.8. The first-order valence-electron chi connectivity index (χ1n) is 9.94. The molecule has 9 nitrogen and oxygen atoms in total. The van der Waals surface area contributed by atoms with Crippen LogP contribution in [0.5, 0.6) is 0 Å². The van der Waals surface area contributed by atoms with Crippen LogP contribution >= 0.6 is 0 Å². The summed E-state index contributed by atoms with van der Waals surface area (Å²) in [4.78, 5) is 36.7. The van der Waals surface area contributed by atoms with Crippen molar-refractivity contribution in [3.8, 4) is 0 Å². The number of fused-ring (bicyclic) bond motifs is 1. The van der Waals surface area contributed by atoms with Crippen LogP contribution < -0.4 is 5.63 Å². The first kappa shape index (κ1) is 21.2. The zero-order valence-electron chi connectivity index (χ0n) is 17.2. The maximum absolute atomic E-state index is 12.6. The summed E-state index contributed by atoms with van der Waals surface area (Å²) in [5.74, 6) is -1.17. The second kappa shape index (κ2) is 7.92. The summed E-state index contributed by atoms with van der Waals surface area (Å²) in [6.45, 7) is 3.68. The first-order chi connectivity index (χ1) is 14.6. The van der Waals surface area contributed by atoms with Crippen molar-refractivity contribution >= 4 is 38.4 Å². The molecule has 0 N–H and O–H groups in total. The molecule has 1 amide bonds. The molecule has 1 unspecified atom stereocenters. The molecule has 0 radical (unpaired) electrons. The summed E-state index contributed by atoms with van der Waals surface area (Å²) in [5.41, 5.74) is 2.41. The summed E-state index contributed by atoms with van der Waals surface area (Å²) >= 11 is 0. The van der Waals surface area contributed by atoms with Crippen LogP contribution in [0.3, 0.4) is 0 Å². The highest BCUT2D eigenvalue weighted by Gasteiger charge is 2.37. The van der Waals surface area contributed by atoms with Gasteiger partial charge in [-0.15, -0.1) is 0 Å². The van der Waals surface area contributed by atoms with Crippen molar-refractivity contribution in [2.24, 2.45) is 5.10 Å². The Hall–Kier alpha value is -3.01. The normalized spacial score (nSPS) is 20.7. The fourth-order valence-corrected chi connectivity index (χ4v) is 5.49. The van der Waals surface area contributed by atoms with Crippen molar-refractivity contribution in [2.75, 3.05) is 11.5 Å². The standard InChI is InChI=1S/C21H22N2O7S/c1-12-7-16-14(9-20(25)30-18(16)8-13(12)2)10-29-21(26)17-3-4-19(24)23(22-17)15-5-6-31(27,28)11-15/h7-9,15H,3-6,10-11H2,1-2H3. The number of hydrogen-bond donors (Lipinski definition) is 0. The molecule has 1 atom stereocenters. The summed E-state index contributed by atoms with van der Waals surface area (Å²) in [6, 6.07) is 4.36. The molecule has 10 heteroatoms. The minimum atomic E-state index is -3.20. The minimum absolute atomic E-state index is 0.000694. The van der Waals surface area contributed by atoms with Crippen LogP contribution in [0.15, 0.2) is 32.5 Å². The Bertz CT molecular complexity index is 1280. The van der Waals surface area contributed by atoms with Gasteiger partial charge in [0.2, 0.25) is 5.91 Å². The fourth-order valence-electron chi connectivity index (χ4n) is 3.80. The van der Waals surface area contributed by atoms with Gasteiger partial charge >= 0.3 is 11.6 Å². The quantitative estimate of drug-likeness (QED) is 0.516. The van der Waals surface area contributed by atoms with Gasteiger partial charge in [0, 0.05) is 29.9 Å². The number of carbonyl (C=O) groups is 2. The van der Waals surface area contributed by atoms with Crippen LogP contribution in [0.2, 0.25) is 0 Å². The van der Waals surface area contributed by atoms with Crippen LogP contribution in [-0.2, 0) is 30.8 Å². The lowest BCUT2D eigenvalue weighted by Crippen LogP contribution is -2.42. The molecular formula is C21H22N2O7S. The molecule has 1 fully saturated rings. The number of hydrogen-bond acceptors (Lipinski definition) is 8. The summed E-state index contributed by atoms with van der Waals surface area (Å²) < 4.78 is 34.1. The van der Waals surface area contributed by atoms with Crippen LogP contribution in [0, 0.1) is 13.8 Å². The Kier molecular flexibility index (Phi) is 5.42. The molecule has 1 aromatic heterocycles. The van der Waals surface area contributed by atoms with E-state index in [1.54, 1.807) is 6.07 Å². The van der Waals surface area contributed by atoms with Gasteiger partial charge < -0.3 is 9.15 Å². The molecule has 2 aliphatic heterocycles. The number of esters is 1. The molecule has 0 aliphatic carbocycles. The third-order valence-corrected chi connectivity index (χ3v) is 7.40. The van der Waals surface area contributed by atoms with Gasteiger partial charge in [0.1, 0.15) is 17.9 Å². The van der Waals surface area contributed by atoms with Crippen LogP contribution in [0.1, 0.15) is 36.0 Å². The van der Waals surface area contributed by atoms with E-state index in [1.807, 2.05) is 19.9 Å². The van der Waals surface area contributed by atoms with Gasteiger partial charge in [-0.25, -0.2) is 23.0 Å². The molecule has 31 heavy (non-hydrogen) atoms. The lowest BCUT2D eigenvalue weighted by atomic mass is 10.0. The fraction of sp³-hybridized carbons (Fsp3) is 0.429. The van der Waals surface area contributed by atoms with E-state index in [2.05, 4.69) is 5.10 Å². The number of benzene rings is 1. The zero-order valence-corrected chi connectivity index (χ0v) is 18.0. The van der Waals surface area contributed by atoms with Gasteiger partial charge in [-0.3, -0.25) is 4.79 Å². The van der Waals surface area contributed by atoms with Crippen molar-refractivity contribution in [1.82, 2.24) is 5.01 Å². The summed E-state index contributed by atoms with van der Waals surface area (Å²) in [6.07, 6.45) is 0.467. The predicted molar refractivity (Wildman–Crippen MR) is 112 cm³/mol. The van der Waals surface area contributed by atoms with Crippen LogP contribution in [-0.4, -0.2) is 48.6 Å². The Balaban J connectivity index is 1.54. The smallest absolute Gasteiger partial charge is 0.354 e. The monoisotopic (exact) mass is 446 g/mol. The maximum atomic E-state index is 12.6. The van der Waals surface area contributed by atoms with Gasteiger partial charge in [0.15, 0.2) is 9.84 Å². The molecule has 2 aromatic rings. The maximum Gasteiger partial charge on any atom is 0.354 e. The summed E-state index contributed by atoms with van der Waals surface area (Å²) in [7, 11) is -3.20. The highest BCUT2D eigenvalue weighted by atomic mass is 32.2. The lowest BCUT2D eigenvalue weighted by molar-refractivity contribution is -0.138. The third kappa shape index (κ3) is 4.39. The zero-order chi connectivity index (χ0) is 22.3. The number of nitrogens with zero attached hydrogens (tertiary/aromatic N) is 2. The Morgan fingerprint density at radius 1 is 1.19 bits per heavy atom. The molecule has 164 valence electrons. The van der Waals surface area contributed by atoms with E-state index in [9.17, 15) is 22.8 Å². The topological polar surface area (TPSA) is 123 Å². The largest absolute Gasteiger partial charge is 0.456 e. The Morgan fingerprint density at radius 3 is 2.65 bits per heavy atom. The minimum Gasteiger partial charge on any atom is -0.456 e. The molecule has 1 aromatic carbocycles. The van der Waals surface area contributed by atoms with E-state index >= 15 is 0 Å². The SMILES string of the molecule is Cc1cc2oc(=O)cc(COC(=O)C3=NN(C4CCS(=O)(=O)C4)C(=O)CC3)c2cc1C. The molecule has 3 heterocycles. The second-order valence-electron chi connectivity index (χ2n) is 7.94. The molecule has 4 rings (SSSR count). The van der Waals surface area contributed by atoms with Crippen molar-refractivity contribution in [1.29, 1.82) is 0 Å². The van der Waals surface area contributed by atoms with E-state index in [0.717, 1.165) is 16.1 Å². The second-order valence-corrected chi connectivity index (χ2v) is 10.2. The van der Waals surface area contributed by atoms with Gasteiger partial charge in [-0.05, 0) is 43.5 Å². The number of amides is 1. The number of rotatable bonds is 4. The number of sulfone groups is 1. The number of carbonyl (C=O) groups excluding carboxylic acids is 2. The van der Waals surface area contributed by atoms with Crippen molar-refractivity contribution in [3.05, 3.63) is 45.3 Å². The molecule has 1 saturated heterocycles. The highest BCUT2D eigenvalue weighted by molar-refractivity contribution is 7.91. The van der Waals surface area contributed by atoms with Gasteiger partial charge in [-0.2, -0.15) is 5.10 Å². The summed E-state index contributed by atoms with van der Waals surface area (Å²) in [5, 5.41) is 5.90. The van der Waals surface area contributed by atoms with Gasteiger partial charge in [0.25, 0.3) is 0 Å². The predicted octanol–water partition coefficient (Wildman–Crippen LogP) is 1.62. The highest BCUT2D eigenvalue weighted by Crippen LogP contribution is 2.24. The number of hydrazone groups is 1. The van der Waals surface area contributed by atoms with E-state index in [4.69, 9.17) is 9.15 Å². The van der Waals surface area contributed by atoms with Crippen molar-refractivity contribution < 1.29 is 27.2 Å². The lowest BCUT2D eigenvalue weighted by Gasteiger charge is -2.27. The molecule has 0 saturated carbocycles. The van der Waals surface area contributed by atoms with E-state index in [0.29, 0.717) is 23.0 Å². The van der Waals surface area contributed by atoms with Crippen LogP contribution in [0.4, 0.5) is 0 Å². The average Bonchev–Trinajstić information content (AvgIpc) is 3.07. The van der Waals surface area contributed by atoms with Gasteiger partial charge in [-0.1, -0.05) is 0 Å². The Morgan fingerprint density at radius 2 is 1.94 bits per heavy atom. The molecular weight excluding hydrogens is 424 g/mol. The number of ether oxygens (including phenoxy) is 1.